The Kier molecular flexibility index (Phi) is 7.43. The SMILES string of the molecule is COc1ccccc1CNC(=O)c1nc(-c2ccc(C(C)(C)C)cc2)oc1-c1ccc(NC(C)=O)cc1. The molecule has 0 saturated carbocycles. The Bertz CT molecular complexity index is 1400. The summed E-state index contributed by atoms with van der Waals surface area (Å²) in [5.41, 5.74) is 4.31. The van der Waals surface area contributed by atoms with Crippen LogP contribution in [0.4, 0.5) is 5.69 Å². The van der Waals surface area contributed by atoms with Crippen molar-refractivity contribution in [3.05, 3.63) is 89.6 Å². The van der Waals surface area contributed by atoms with Gasteiger partial charge in [0, 0.05) is 35.8 Å². The van der Waals surface area contributed by atoms with E-state index in [1.807, 2.05) is 48.5 Å². The average Bonchev–Trinajstić information content (AvgIpc) is 3.33. The zero-order chi connectivity index (χ0) is 26.6. The van der Waals surface area contributed by atoms with Crippen LogP contribution in [0.1, 0.15) is 49.3 Å². The number of anilines is 1. The fourth-order valence-electron chi connectivity index (χ4n) is 3.92. The van der Waals surface area contributed by atoms with Crippen LogP contribution in [-0.4, -0.2) is 23.9 Å². The summed E-state index contributed by atoms with van der Waals surface area (Å²) < 4.78 is 11.6. The van der Waals surface area contributed by atoms with Crippen LogP contribution in [-0.2, 0) is 16.8 Å². The molecule has 7 nitrogen and oxygen atoms in total. The summed E-state index contributed by atoms with van der Waals surface area (Å²) in [7, 11) is 1.60. The quantitative estimate of drug-likeness (QED) is 0.317. The number of ether oxygens (including phenoxy) is 1. The van der Waals surface area contributed by atoms with E-state index >= 15 is 0 Å². The number of oxazole rings is 1. The second-order valence-electron chi connectivity index (χ2n) is 9.78. The van der Waals surface area contributed by atoms with Crippen molar-refractivity contribution in [2.45, 2.75) is 39.7 Å². The standard InChI is InChI=1S/C30H31N3O4/c1-19(34)32-24-16-12-20(13-17-24)27-26(28(35)31-18-22-8-6-7-9-25(22)36-5)33-29(37-27)21-10-14-23(15-11-21)30(2,3)4/h6-17H,18H2,1-5H3,(H,31,35)(H,32,34). The summed E-state index contributed by atoms with van der Waals surface area (Å²) in [4.78, 5) is 29.3. The van der Waals surface area contributed by atoms with E-state index in [1.165, 1.54) is 12.5 Å². The lowest BCUT2D eigenvalue weighted by Gasteiger charge is -2.18. The highest BCUT2D eigenvalue weighted by molar-refractivity contribution is 5.98. The third-order valence-electron chi connectivity index (χ3n) is 5.94. The van der Waals surface area contributed by atoms with Crippen molar-refractivity contribution in [3.8, 4) is 28.5 Å². The first-order valence-corrected chi connectivity index (χ1v) is 12.1. The molecule has 0 bridgehead atoms. The molecule has 7 heteroatoms. The molecular weight excluding hydrogens is 466 g/mol. The van der Waals surface area contributed by atoms with Gasteiger partial charge >= 0.3 is 0 Å². The summed E-state index contributed by atoms with van der Waals surface area (Å²) in [6, 6.07) is 22.6. The zero-order valence-electron chi connectivity index (χ0n) is 21.7. The van der Waals surface area contributed by atoms with E-state index in [2.05, 4.69) is 36.4 Å². The molecule has 0 saturated heterocycles. The van der Waals surface area contributed by atoms with Gasteiger partial charge in [-0.25, -0.2) is 4.98 Å². The Morgan fingerprint density at radius 2 is 1.57 bits per heavy atom. The molecule has 0 atom stereocenters. The van der Waals surface area contributed by atoms with Crippen LogP contribution in [0.5, 0.6) is 5.75 Å². The van der Waals surface area contributed by atoms with E-state index in [4.69, 9.17) is 9.15 Å². The van der Waals surface area contributed by atoms with Crippen molar-refractivity contribution in [2.75, 3.05) is 12.4 Å². The summed E-state index contributed by atoms with van der Waals surface area (Å²) in [5, 5.41) is 5.68. The predicted molar refractivity (Wildman–Crippen MR) is 145 cm³/mol. The van der Waals surface area contributed by atoms with Gasteiger partial charge < -0.3 is 19.8 Å². The van der Waals surface area contributed by atoms with Gasteiger partial charge in [0.25, 0.3) is 5.91 Å². The highest BCUT2D eigenvalue weighted by Gasteiger charge is 2.23. The van der Waals surface area contributed by atoms with Crippen LogP contribution in [0.25, 0.3) is 22.8 Å². The van der Waals surface area contributed by atoms with E-state index in [9.17, 15) is 9.59 Å². The van der Waals surface area contributed by atoms with Crippen LogP contribution in [0.3, 0.4) is 0 Å². The molecule has 190 valence electrons. The van der Waals surface area contributed by atoms with Crippen LogP contribution < -0.4 is 15.4 Å². The lowest BCUT2D eigenvalue weighted by atomic mass is 9.87. The normalized spacial score (nSPS) is 11.2. The number of nitrogens with zero attached hydrogens (tertiary/aromatic N) is 1. The molecule has 2 N–H and O–H groups in total. The van der Waals surface area contributed by atoms with Crippen molar-refractivity contribution >= 4 is 17.5 Å². The van der Waals surface area contributed by atoms with Crippen molar-refractivity contribution in [2.24, 2.45) is 0 Å². The lowest BCUT2D eigenvalue weighted by molar-refractivity contribution is -0.114. The monoisotopic (exact) mass is 497 g/mol. The summed E-state index contributed by atoms with van der Waals surface area (Å²) in [6.45, 7) is 8.18. The average molecular weight is 498 g/mol. The molecule has 0 unspecified atom stereocenters. The number of benzene rings is 3. The minimum absolute atomic E-state index is 0.0134. The Morgan fingerprint density at radius 3 is 2.19 bits per heavy atom. The lowest BCUT2D eigenvalue weighted by Crippen LogP contribution is -2.24. The highest BCUT2D eigenvalue weighted by atomic mass is 16.5. The molecule has 1 aromatic heterocycles. The van der Waals surface area contributed by atoms with E-state index in [0.717, 1.165) is 11.1 Å². The van der Waals surface area contributed by atoms with Crippen molar-refractivity contribution in [3.63, 3.8) is 0 Å². The van der Waals surface area contributed by atoms with Crippen molar-refractivity contribution in [1.29, 1.82) is 0 Å². The number of rotatable bonds is 7. The molecule has 0 spiro atoms. The Balaban J connectivity index is 1.68. The van der Waals surface area contributed by atoms with Gasteiger partial charge in [-0.3, -0.25) is 9.59 Å². The molecule has 4 rings (SSSR count). The van der Waals surface area contributed by atoms with Crippen LogP contribution in [0.15, 0.2) is 77.2 Å². The Morgan fingerprint density at radius 1 is 0.919 bits per heavy atom. The van der Waals surface area contributed by atoms with Gasteiger partial charge in [-0.1, -0.05) is 51.1 Å². The number of nitrogens with one attached hydrogen (secondary N) is 2. The zero-order valence-corrected chi connectivity index (χ0v) is 21.7. The number of methoxy groups -OCH3 is 1. The molecule has 0 fully saturated rings. The second-order valence-corrected chi connectivity index (χ2v) is 9.78. The number of para-hydroxylation sites is 1. The predicted octanol–water partition coefficient (Wildman–Crippen LogP) is 6.20. The maximum absolute atomic E-state index is 13.3. The number of amides is 2. The minimum atomic E-state index is -0.367. The summed E-state index contributed by atoms with van der Waals surface area (Å²) in [6.07, 6.45) is 0. The summed E-state index contributed by atoms with van der Waals surface area (Å²) in [5.74, 6) is 0.861. The number of hydrogen-bond donors (Lipinski definition) is 2. The van der Waals surface area contributed by atoms with Crippen LogP contribution in [0, 0.1) is 0 Å². The fourth-order valence-corrected chi connectivity index (χ4v) is 3.92. The molecule has 2 amide bonds. The summed E-state index contributed by atoms with van der Waals surface area (Å²) >= 11 is 0. The smallest absolute Gasteiger partial charge is 0.274 e. The molecule has 37 heavy (non-hydrogen) atoms. The fraction of sp³-hybridized carbons (Fsp3) is 0.233. The second kappa shape index (κ2) is 10.7. The number of aromatic nitrogens is 1. The first-order valence-electron chi connectivity index (χ1n) is 12.1. The largest absolute Gasteiger partial charge is 0.496 e. The minimum Gasteiger partial charge on any atom is -0.496 e. The first kappa shape index (κ1) is 25.7. The molecular formula is C30H31N3O4. The van der Waals surface area contributed by atoms with Crippen LogP contribution in [0.2, 0.25) is 0 Å². The van der Waals surface area contributed by atoms with Gasteiger partial charge in [-0.15, -0.1) is 0 Å². The van der Waals surface area contributed by atoms with Gasteiger partial charge in [0.2, 0.25) is 11.8 Å². The Hall–Kier alpha value is -4.39. The van der Waals surface area contributed by atoms with E-state index in [1.54, 1.807) is 31.4 Å². The van der Waals surface area contributed by atoms with Crippen molar-refractivity contribution in [1.82, 2.24) is 10.3 Å². The van der Waals surface area contributed by atoms with Gasteiger partial charge in [0.05, 0.1) is 7.11 Å². The third-order valence-corrected chi connectivity index (χ3v) is 5.94. The van der Waals surface area contributed by atoms with E-state index in [0.29, 0.717) is 28.7 Å². The maximum Gasteiger partial charge on any atom is 0.274 e. The van der Waals surface area contributed by atoms with Gasteiger partial charge in [0.1, 0.15) is 5.75 Å². The van der Waals surface area contributed by atoms with E-state index < -0.39 is 0 Å². The van der Waals surface area contributed by atoms with Gasteiger partial charge in [0.15, 0.2) is 11.5 Å². The number of carbonyl (C=O) groups excluding carboxylic acids is 2. The van der Waals surface area contributed by atoms with Crippen molar-refractivity contribution < 1.29 is 18.7 Å². The van der Waals surface area contributed by atoms with Crippen LogP contribution >= 0.6 is 0 Å². The molecule has 0 aliphatic carbocycles. The third kappa shape index (κ3) is 6.06. The molecule has 1 heterocycles. The highest BCUT2D eigenvalue weighted by Crippen LogP contribution is 2.32. The molecule has 4 aromatic rings. The molecule has 0 radical (unpaired) electrons. The topological polar surface area (TPSA) is 93.5 Å². The molecule has 3 aromatic carbocycles. The van der Waals surface area contributed by atoms with Gasteiger partial charge in [-0.05, 0) is 53.4 Å². The maximum atomic E-state index is 13.3. The van der Waals surface area contributed by atoms with E-state index in [-0.39, 0.29) is 29.5 Å². The first-order chi connectivity index (χ1) is 17.7. The Labute approximate surface area is 216 Å². The molecule has 0 aliphatic heterocycles. The number of hydrogen-bond acceptors (Lipinski definition) is 5. The van der Waals surface area contributed by atoms with Gasteiger partial charge in [-0.2, -0.15) is 0 Å². The molecule has 0 aliphatic rings. The number of carbonyl (C=O) groups is 2.